The monoisotopic (exact) mass is 504 g/mol. The summed E-state index contributed by atoms with van der Waals surface area (Å²) < 4.78 is 10.7. The van der Waals surface area contributed by atoms with Crippen molar-refractivity contribution in [2.75, 3.05) is 49.5 Å². The lowest BCUT2D eigenvalue weighted by Crippen LogP contribution is -2.47. The molecule has 1 aromatic carbocycles. The smallest absolute Gasteiger partial charge is 0.344 e. The Kier molecular flexibility index (Phi) is 8.95. The van der Waals surface area contributed by atoms with E-state index >= 15 is 0 Å². The minimum Gasteiger partial charge on any atom is -0.462 e. The maximum absolute atomic E-state index is 13.3. The molecular weight excluding hydrogens is 468 g/mol. The molecule has 1 fully saturated rings. The number of allylic oxidation sites excluding steroid dienone is 3. The number of pyridine rings is 1. The number of esters is 2. The van der Waals surface area contributed by atoms with Gasteiger partial charge in [-0.3, -0.25) is 4.90 Å². The molecule has 2 heterocycles. The summed E-state index contributed by atoms with van der Waals surface area (Å²) >= 11 is 0. The molecule has 2 aliphatic rings. The minimum absolute atomic E-state index is 0.268. The highest BCUT2D eigenvalue weighted by Crippen LogP contribution is 2.30. The number of anilines is 3. The zero-order valence-corrected chi connectivity index (χ0v) is 21.9. The number of piperazine rings is 1. The molecule has 1 aliphatic heterocycles. The Bertz CT molecular complexity index is 1170. The third-order valence-electron chi connectivity index (χ3n) is 6.33. The maximum atomic E-state index is 13.3. The summed E-state index contributed by atoms with van der Waals surface area (Å²) in [7, 11) is 0. The van der Waals surface area contributed by atoms with Gasteiger partial charge < -0.3 is 19.7 Å². The minimum atomic E-state index is -0.427. The molecule has 0 spiro atoms. The first-order valence-electron chi connectivity index (χ1n) is 13.0. The molecule has 8 heteroatoms. The molecule has 4 rings (SSSR count). The Labute approximate surface area is 219 Å². The maximum Gasteiger partial charge on any atom is 0.344 e. The molecule has 1 aromatic heterocycles. The quantitative estimate of drug-likeness (QED) is 0.480. The van der Waals surface area contributed by atoms with E-state index in [9.17, 15) is 9.59 Å². The molecule has 2 aromatic rings. The van der Waals surface area contributed by atoms with Crippen molar-refractivity contribution < 1.29 is 19.1 Å². The summed E-state index contributed by atoms with van der Waals surface area (Å²) in [5.74, 6) is -0.209. The van der Waals surface area contributed by atoms with E-state index in [1.54, 1.807) is 37.4 Å². The lowest BCUT2D eigenvalue weighted by Gasteiger charge is -2.36. The zero-order valence-electron chi connectivity index (χ0n) is 21.9. The van der Waals surface area contributed by atoms with E-state index in [-0.39, 0.29) is 12.1 Å². The van der Waals surface area contributed by atoms with Gasteiger partial charge in [0.2, 0.25) is 0 Å². The standard InChI is InChI=1S/C29H36N4O4/c1-4-36-28(34)23-11-8-12-24(19-23)31-25-13-14-30-27(26(25)29(35)37-21(2)3)33-17-15-32(16-18-33)20-22-9-6-5-7-10-22/h5-6,8-9,11-14,19,21H,4,7,10,15-18,20H2,1-3H3,(H,30,31). The van der Waals surface area contributed by atoms with Gasteiger partial charge in [-0.1, -0.05) is 29.9 Å². The van der Waals surface area contributed by atoms with Crippen LogP contribution in [0.3, 0.4) is 0 Å². The van der Waals surface area contributed by atoms with Gasteiger partial charge in [-0.05, 0) is 57.9 Å². The van der Waals surface area contributed by atoms with Crippen molar-refractivity contribution in [3.63, 3.8) is 0 Å². The molecular formula is C29H36N4O4. The highest BCUT2D eigenvalue weighted by Gasteiger charge is 2.27. The second-order valence-corrected chi connectivity index (χ2v) is 9.49. The molecule has 0 radical (unpaired) electrons. The number of ether oxygens (including phenoxy) is 2. The molecule has 196 valence electrons. The highest BCUT2D eigenvalue weighted by atomic mass is 16.5. The van der Waals surface area contributed by atoms with Crippen LogP contribution in [0.2, 0.25) is 0 Å². The molecule has 0 unspecified atom stereocenters. The predicted octanol–water partition coefficient (Wildman–Crippen LogP) is 4.97. The van der Waals surface area contributed by atoms with E-state index in [4.69, 9.17) is 9.47 Å². The number of benzene rings is 1. The predicted molar refractivity (Wildman–Crippen MR) is 146 cm³/mol. The third-order valence-corrected chi connectivity index (χ3v) is 6.33. The third kappa shape index (κ3) is 6.98. The number of hydrogen-bond acceptors (Lipinski definition) is 8. The molecule has 0 amide bonds. The summed E-state index contributed by atoms with van der Waals surface area (Å²) in [4.78, 5) is 34.7. The van der Waals surface area contributed by atoms with Gasteiger partial charge in [0, 0.05) is 44.6 Å². The first-order valence-corrected chi connectivity index (χ1v) is 13.0. The van der Waals surface area contributed by atoms with Crippen LogP contribution in [0.4, 0.5) is 17.2 Å². The Hall–Kier alpha value is -3.65. The van der Waals surface area contributed by atoms with Crippen molar-refractivity contribution >= 4 is 29.1 Å². The van der Waals surface area contributed by atoms with Gasteiger partial charge in [0.15, 0.2) is 0 Å². The zero-order chi connectivity index (χ0) is 26.2. The van der Waals surface area contributed by atoms with Crippen molar-refractivity contribution in [2.45, 2.75) is 39.7 Å². The molecule has 8 nitrogen and oxygen atoms in total. The van der Waals surface area contributed by atoms with E-state index < -0.39 is 5.97 Å². The van der Waals surface area contributed by atoms with Crippen LogP contribution in [-0.2, 0) is 9.47 Å². The number of carbonyl (C=O) groups is 2. The molecule has 1 N–H and O–H groups in total. The van der Waals surface area contributed by atoms with Crippen LogP contribution in [0.15, 0.2) is 60.3 Å². The van der Waals surface area contributed by atoms with Crippen molar-refractivity contribution in [3.8, 4) is 0 Å². The van der Waals surface area contributed by atoms with Crippen LogP contribution < -0.4 is 10.2 Å². The van der Waals surface area contributed by atoms with Gasteiger partial charge in [0.05, 0.1) is 24.0 Å². The SMILES string of the molecule is CCOC(=O)c1cccc(Nc2ccnc(N3CCN(CC4=CC=CCC4)CC3)c2C(=O)OC(C)C)c1. The highest BCUT2D eigenvalue weighted by molar-refractivity contribution is 6.02. The number of aromatic nitrogens is 1. The number of nitrogens with zero attached hydrogens (tertiary/aromatic N) is 3. The van der Waals surface area contributed by atoms with Crippen LogP contribution in [0.25, 0.3) is 0 Å². The summed E-state index contributed by atoms with van der Waals surface area (Å²) in [6.45, 7) is 10.0. The van der Waals surface area contributed by atoms with Gasteiger partial charge in [-0.2, -0.15) is 0 Å². The van der Waals surface area contributed by atoms with Crippen molar-refractivity contribution in [1.82, 2.24) is 9.88 Å². The summed E-state index contributed by atoms with van der Waals surface area (Å²) in [5, 5.41) is 3.31. The van der Waals surface area contributed by atoms with E-state index in [2.05, 4.69) is 38.3 Å². The first kappa shape index (κ1) is 26.4. The lowest BCUT2D eigenvalue weighted by atomic mass is 10.0. The number of rotatable bonds is 9. The fourth-order valence-corrected chi connectivity index (χ4v) is 4.55. The molecule has 0 bridgehead atoms. The molecule has 37 heavy (non-hydrogen) atoms. The Morgan fingerprint density at radius 3 is 2.62 bits per heavy atom. The van der Waals surface area contributed by atoms with Gasteiger partial charge in [0.1, 0.15) is 11.4 Å². The second-order valence-electron chi connectivity index (χ2n) is 9.49. The van der Waals surface area contributed by atoms with Crippen LogP contribution in [0.5, 0.6) is 0 Å². The molecule has 1 aliphatic carbocycles. The van der Waals surface area contributed by atoms with Crippen molar-refractivity contribution in [3.05, 3.63) is 71.5 Å². The number of carbonyl (C=O) groups excluding carboxylic acids is 2. The summed E-state index contributed by atoms with van der Waals surface area (Å²) in [5.41, 5.74) is 3.55. The average Bonchev–Trinajstić information content (AvgIpc) is 2.89. The van der Waals surface area contributed by atoms with Crippen molar-refractivity contribution in [2.24, 2.45) is 0 Å². The Balaban J connectivity index is 1.56. The fraction of sp³-hybridized carbons (Fsp3) is 0.414. The number of nitrogens with one attached hydrogen (secondary N) is 1. The summed E-state index contributed by atoms with van der Waals surface area (Å²) in [6, 6.07) is 8.79. The van der Waals surface area contributed by atoms with E-state index in [1.807, 2.05) is 19.9 Å². The van der Waals surface area contributed by atoms with Gasteiger partial charge in [-0.15, -0.1) is 0 Å². The van der Waals surface area contributed by atoms with Crippen LogP contribution in [0.1, 0.15) is 54.3 Å². The van der Waals surface area contributed by atoms with Gasteiger partial charge in [0.25, 0.3) is 0 Å². The van der Waals surface area contributed by atoms with E-state index in [0.29, 0.717) is 34.9 Å². The summed E-state index contributed by atoms with van der Waals surface area (Å²) in [6.07, 6.45) is 10.2. The van der Waals surface area contributed by atoms with Gasteiger partial charge >= 0.3 is 11.9 Å². The lowest BCUT2D eigenvalue weighted by molar-refractivity contribution is 0.0378. The average molecular weight is 505 g/mol. The topological polar surface area (TPSA) is 84.0 Å². The second kappa shape index (κ2) is 12.5. The van der Waals surface area contributed by atoms with Crippen molar-refractivity contribution in [1.29, 1.82) is 0 Å². The van der Waals surface area contributed by atoms with Crippen LogP contribution in [-0.4, -0.2) is 67.3 Å². The normalized spacial score (nSPS) is 15.9. The largest absolute Gasteiger partial charge is 0.462 e. The van der Waals surface area contributed by atoms with Crippen LogP contribution >= 0.6 is 0 Å². The van der Waals surface area contributed by atoms with E-state index in [1.165, 1.54) is 5.57 Å². The van der Waals surface area contributed by atoms with E-state index in [0.717, 1.165) is 45.6 Å². The molecule has 1 saturated heterocycles. The molecule has 0 atom stereocenters. The Morgan fingerprint density at radius 2 is 1.92 bits per heavy atom. The number of hydrogen-bond donors (Lipinski definition) is 1. The first-order chi connectivity index (χ1) is 17.9. The van der Waals surface area contributed by atoms with Crippen LogP contribution in [0, 0.1) is 0 Å². The van der Waals surface area contributed by atoms with Gasteiger partial charge in [-0.25, -0.2) is 14.6 Å². The Morgan fingerprint density at radius 1 is 1.11 bits per heavy atom. The fourth-order valence-electron chi connectivity index (χ4n) is 4.55. The molecule has 0 saturated carbocycles.